The van der Waals surface area contributed by atoms with Crippen molar-refractivity contribution in [2.75, 3.05) is 0 Å². The summed E-state index contributed by atoms with van der Waals surface area (Å²) < 4.78 is 2.19. The molecule has 2 aromatic rings. The van der Waals surface area contributed by atoms with Crippen LogP contribution in [0.3, 0.4) is 0 Å². The Hall–Kier alpha value is -1.35. The summed E-state index contributed by atoms with van der Waals surface area (Å²) in [6.07, 6.45) is 1.17. The van der Waals surface area contributed by atoms with Crippen molar-refractivity contribution in [2.45, 2.75) is 46.3 Å². The number of aryl methyl sites for hydroxylation is 1. The van der Waals surface area contributed by atoms with E-state index in [-0.39, 0.29) is 6.10 Å². The van der Waals surface area contributed by atoms with Gasteiger partial charge in [0, 0.05) is 13.0 Å². The van der Waals surface area contributed by atoms with E-state index in [1.165, 1.54) is 0 Å². The maximum absolute atomic E-state index is 10.1. The molecule has 0 saturated carbocycles. The van der Waals surface area contributed by atoms with Gasteiger partial charge in [0.25, 0.3) is 0 Å². The number of imidazole rings is 1. The summed E-state index contributed by atoms with van der Waals surface area (Å²) in [6.45, 7) is 7.27. The summed E-state index contributed by atoms with van der Waals surface area (Å²) in [7, 11) is 0. The third-order valence-electron chi connectivity index (χ3n) is 3.21. The summed E-state index contributed by atoms with van der Waals surface area (Å²) in [4.78, 5) is 4.63. The number of fused-ring (bicyclic) bond motifs is 1. The van der Waals surface area contributed by atoms with Crippen molar-refractivity contribution < 1.29 is 5.11 Å². The van der Waals surface area contributed by atoms with E-state index in [0.717, 1.165) is 29.8 Å². The molecule has 2 rings (SSSR count). The molecule has 0 aliphatic rings. The molecule has 18 heavy (non-hydrogen) atoms. The molecular formula is C15H22N2O. The topological polar surface area (TPSA) is 38.0 Å². The normalized spacial score (nSPS) is 13.4. The van der Waals surface area contributed by atoms with Crippen molar-refractivity contribution in [1.29, 1.82) is 0 Å². The Morgan fingerprint density at radius 3 is 2.67 bits per heavy atom. The fourth-order valence-electron chi connectivity index (χ4n) is 2.47. The molecule has 0 saturated heterocycles. The number of hydrogen-bond acceptors (Lipinski definition) is 2. The molecule has 0 radical (unpaired) electrons. The highest BCUT2D eigenvalue weighted by Gasteiger charge is 2.14. The molecule has 3 nitrogen and oxygen atoms in total. The number of benzene rings is 1. The van der Waals surface area contributed by atoms with E-state index in [4.69, 9.17) is 0 Å². The minimum absolute atomic E-state index is 0.299. The van der Waals surface area contributed by atoms with E-state index < -0.39 is 0 Å². The van der Waals surface area contributed by atoms with E-state index in [2.05, 4.69) is 36.4 Å². The zero-order valence-corrected chi connectivity index (χ0v) is 11.4. The van der Waals surface area contributed by atoms with Crippen LogP contribution in [0.5, 0.6) is 0 Å². The lowest BCUT2D eigenvalue weighted by Gasteiger charge is -2.13. The Morgan fingerprint density at radius 1 is 1.28 bits per heavy atom. The van der Waals surface area contributed by atoms with Gasteiger partial charge in [-0.25, -0.2) is 4.98 Å². The third-order valence-corrected chi connectivity index (χ3v) is 3.21. The number of nitrogens with zero attached hydrogens (tertiary/aromatic N) is 2. The van der Waals surface area contributed by atoms with Gasteiger partial charge in [-0.2, -0.15) is 0 Å². The first-order valence-corrected chi connectivity index (χ1v) is 6.74. The summed E-state index contributed by atoms with van der Waals surface area (Å²) in [5.41, 5.74) is 2.18. The van der Waals surface area contributed by atoms with Crippen LogP contribution in [0.1, 0.15) is 33.0 Å². The smallest absolute Gasteiger partial charge is 0.112 e. The highest BCUT2D eigenvalue weighted by atomic mass is 16.3. The molecule has 1 aromatic heterocycles. The number of aliphatic hydroxyl groups is 1. The van der Waals surface area contributed by atoms with Crippen molar-refractivity contribution in [3.05, 3.63) is 30.1 Å². The van der Waals surface area contributed by atoms with Crippen LogP contribution in [0, 0.1) is 5.92 Å². The molecule has 1 N–H and O–H groups in total. The van der Waals surface area contributed by atoms with Gasteiger partial charge < -0.3 is 9.67 Å². The second-order valence-corrected chi connectivity index (χ2v) is 5.25. The average Bonchev–Trinajstić information content (AvgIpc) is 2.64. The maximum Gasteiger partial charge on any atom is 0.112 e. The lowest BCUT2D eigenvalue weighted by Crippen LogP contribution is -2.16. The molecule has 0 aliphatic carbocycles. The average molecular weight is 246 g/mol. The molecule has 1 aromatic carbocycles. The number of hydrogen-bond donors (Lipinski definition) is 1. The van der Waals surface area contributed by atoms with Crippen molar-refractivity contribution in [3.63, 3.8) is 0 Å². The standard InChI is InChI=1S/C15H22N2O/c1-4-17-14-8-6-5-7-13(14)16-15(17)10-12(18)9-11(2)3/h5-8,11-12,18H,4,9-10H2,1-3H3. The lowest BCUT2D eigenvalue weighted by molar-refractivity contribution is 0.146. The fourth-order valence-corrected chi connectivity index (χ4v) is 2.47. The van der Waals surface area contributed by atoms with E-state index in [9.17, 15) is 5.11 Å². The Bertz CT molecular complexity index is 516. The van der Waals surface area contributed by atoms with Gasteiger partial charge in [0.2, 0.25) is 0 Å². The fraction of sp³-hybridized carbons (Fsp3) is 0.533. The molecule has 0 amide bonds. The predicted molar refractivity (Wildman–Crippen MR) is 74.6 cm³/mol. The predicted octanol–water partition coefficient (Wildman–Crippen LogP) is 3.01. The second kappa shape index (κ2) is 5.53. The van der Waals surface area contributed by atoms with Gasteiger partial charge in [-0.1, -0.05) is 26.0 Å². The molecule has 1 heterocycles. The summed E-state index contributed by atoms with van der Waals surface area (Å²) in [5.74, 6) is 1.51. The highest BCUT2D eigenvalue weighted by Crippen LogP contribution is 2.18. The Balaban J connectivity index is 2.27. The molecule has 0 fully saturated rings. The summed E-state index contributed by atoms with van der Waals surface area (Å²) in [6, 6.07) is 8.15. The van der Waals surface area contributed by atoms with Crippen LogP contribution in [0.25, 0.3) is 11.0 Å². The molecule has 0 spiro atoms. The first-order chi connectivity index (χ1) is 8.61. The van der Waals surface area contributed by atoms with Gasteiger partial charge in [0.05, 0.1) is 17.1 Å². The number of aliphatic hydroxyl groups excluding tert-OH is 1. The molecule has 1 unspecified atom stereocenters. The zero-order valence-electron chi connectivity index (χ0n) is 11.4. The number of aromatic nitrogens is 2. The zero-order chi connectivity index (χ0) is 13.1. The first-order valence-electron chi connectivity index (χ1n) is 6.74. The SMILES string of the molecule is CCn1c(CC(O)CC(C)C)nc2ccccc21. The molecule has 98 valence electrons. The van der Waals surface area contributed by atoms with E-state index in [0.29, 0.717) is 12.3 Å². The minimum atomic E-state index is -0.299. The van der Waals surface area contributed by atoms with Crippen molar-refractivity contribution >= 4 is 11.0 Å². The molecule has 1 atom stereocenters. The van der Waals surface area contributed by atoms with Gasteiger partial charge >= 0.3 is 0 Å². The molecular weight excluding hydrogens is 224 g/mol. The van der Waals surface area contributed by atoms with Crippen LogP contribution < -0.4 is 0 Å². The van der Waals surface area contributed by atoms with Crippen LogP contribution >= 0.6 is 0 Å². The van der Waals surface area contributed by atoms with Crippen LogP contribution in [0.4, 0.5) is 0 Å². The van der Waals surface area contributed by atoms with E-state index in [1.807, 2.05) is 18.2 Å². The van der Waals surface area contributed by atoms with Crippen molar-refractivity contribution in [1.82, 2.24) is 9.55 Å². The second-order valence-electron chi connectivity index (χ2n) is 5.25. The van der Waals surface area contributed by atoms with Crippen LogP contribution in [-0.4, -0.2) is 20.8 Å². The van der Waals surface area contributed by atoms with Crippen molar-refractivity contribution in [2.24, 2.45) is 5.92 Å². The molecule has 3 heteroatoms. The largest absolute Gasteiger partial charge is 0.393 e. The Labute approximate surface area is 108 Å². The van der Waals surface area contributed by atoms with Crippen molar-refractivity contribution in [3.8, 4) is 0 Å². The first kappa shape index (κ1) is 13.1. The van der Waals surface area contributed by atoms with Gasteiger partial charge in [-0.3, -0.25) is 0 Å². The van der Waals surface area contributed by atoms with E-state index >= 15 is 0 Å². The van der Waals surface area contributed by atoms with Gasteiger partial charge in [-0.05, 0) is 31.4 Å². The van der Waals surface area contributed by atoms with Gasteiger partial charge in [-0.15, -0.1) is 0 Å². The highest BCUT2D eigenvalue weighted by molar-refractivity contribution is 5.75. The Kier molecular flexibility index (Phi) is 4.02. The summed E-state index contributed by atoms with van der Waals surface area (Å²) >= 11 is 0. The quantitative estimate of drug-likeness (QED) is 0.880. The lowest BCUT2D eigenvalue weighted by atomic mass is 10.0. The third kappa shape index (κ3) is 2.72. The summed E-state index contributed by atoms with van der Waals surface area (Å²) in [5, 5.41) is 10.1. The van der Waals surface area contributed by atoms with E-state index in [1.54, 1.807) is 0 Å². The maximum atomic E-state index is 10.1. The molecule has 0 bridgehead atoms. The van der Waals surface area contributed by atoms with Crippen LogP contribution in [-0.2, 0) is 13.0 Å². The Morgan fingerprint density at radius 2 is 2.00 bits per heavy atom. The minimum Gasteiger partial charge on any atom is -0.393 e. The number of rotatable bonds is 5. The van der Waals surface area contributed by atoms with Crippen LogP contribution in [0.15, 0.2) is 24.3 Å². The number of para-hydroxylation sites is 2. The monoisotopic (exact) mass is 246 g/mol. The molecule has 0 aliphatic heterocycles. The van der Waals surface area contributed by atoms with Gasteiger partial charge in [0.1, 0.15) is 5.82 Å². The van der Waals surface area contributed by atoms with Crippen LogP contribution in [0.2, 0.25) is 0 Å². The van der Waals surface area contributed by atoms with Gasteiger partial charge in [0.15, 0.2) is 0 Å².